The number of anilines is 1. The molecule has 2 rings (SSSR count). The van der Waals surface area contributed by atoms with Crippen LogP contribution >= 0.6 is 0 Å². The minimum Gasteiger partial charge on any atom is -0.508 e. The van der Waals surface area contributed by atoms with Crippen LogP contribution in [0.1, 0.15) is 43.5 Å². The second-order valence-electron chi connectivity index (χ2n) is 6.39. The van der Waals surface area contributed by atoms with Crippen LogP contribution in [-0.4, -0.2) is 29.5 Å². The summed E-state index contributed by atoms with van der Waals surface area (Å²) in [6.07, 6.45) is 1.78. The average Bonchev–Trinajstić information content (AvgIpc) is 2.61. The third kappa shape index (κ3) is 4.83. The normalized spacial score (nSPS) is 12.2. The van der Waals surface area contributed by atoms with Crippen molar-refractivity contribution in [3.63, 3.8) is 0 Å². The Kier molecular flexibility index (Phi) is 6.59. The van der Waals surface area contributed by atoms with Gasteiger partial charge < -0.3 is 10.4 Å². The van der Waals surface area contributed by atoms with Gasteiger partial charge in [0.1, 0.15) is 5.75 Å². The SMILES string of the molecule is CCc1cccc(CC)c1NC(=O)CN(C)C(C)c1cccc(O)c1. The number of phenolic OH excluding ortho intramolecular Hbond substituents is 1. The molecule has 1 unspecified atom stereocenters. The zero-order valence-corrected chi connectivity index (χ0v) is 15.5. The van der Waals surface area contributed by atoms with Crippen molar-refractivity contribution < 1.29 is 9.90 Å². The van der Waals surface area contributed by atoms with Crippen LogP contribution in [0.5, 0.6) is 5.75 Å². The molecule has 0 aromatic heterocycles. The number of hydrogen-bond acceptors (Lipinski definition) is 3. The smallest absolute Gasteiger partial charge is 0.238 e. The van der Waals surface area contributed by atoms with Gasteiger partial charge in [0.15, 0.2) is 0 Å². The third-order valence-corrected chi connectivity index (χ3v) is 4.67. The molecule has 0 saturated heterocycles. The Balaban J connectivity index is 2.07. The second-order valence-corrected chi connectivity index (χ2v) is 6.39. The highest BCUT2D eigenvalue weighted by atomic mass is 16.3. The number of benzene rings is 2. The third-order valence-electron chi connectivity index (χ3n) is 4.67. The number of carbonyl (C=O) groups excluding carboxylic acids is 1. The van der Waals surface area contributed by atoms with Crippen molar-refractivity contribution in [2.45, 2.75) is 39.7 Å². The zero-order valence-electron chi connectivity index (χ0n) is 15.5. The number of phenols is 1. The quantitative estimate of drug-likeness (QED) is 0.796. The Morgan fingerprint density at radius 3 is 2.28 bits per heavy atom. The van der Waals surface area contributed by atoms with Crippen molar-refractivity contribution in [1.82, 2.24) is 4.90 Å². The van der Waals surface area contributed by atoms with Crippen LogP contribution < -0.4 is 5.32 Å². The van der Waals surface area contributed by atoms with Crippen LogP contribution in [-0.2, 0) is 17.6 Å². The van der Waals surface area contributed by atoms with Crippen LogP contribution in [0.3, 0.4) is 0 Å². The van der Waals surface area contributed by atoms with E-state index in [0.717, 1.165) is 35.2 Å². The van der Waals surface area contributed by atoms with Gasteiger partial charge in [-0.2, -0.15) is 0 Å². The molecular formula is C21H28N2O2. The molecule has 1 atom stereocenters. The van der Waals surface area contributed by atoms with Crippen molar-refractivity contribution >= 4 is 11.6 Å². The second kappa shape index (κ2) is 8.67. The number of nitrogens with zero attached hydrogens (tertiary/aromatic N) is 1. The maximum absolute atomic E-state index is 12.6. The van der Waals surface area contributed by atoms with E-state index in [9.17, 15) is 9.90 Å². The summed E-state index contributed by atoms with van der Waals surface area (Å²) in [5, 5.41) is 12.7. The van der Waals surface area contributed by atoms with Crippen molar-refractivity contribution in [3.05, 3.63) is 59.2 Å². The van der Waals surface area contributed by atoms with Crippen molar-refractivity contribution in [2.24, 2.45) is 0 Å². The topological polar surface area (TPSA) is 52.6 Å². The van der Waals surface area contributed by atoms with Gasteiger partial charge in [-0.3, -0.25) is 9.69 Å². The van der Waals surface area contributed by atoms with Gasteiger partial charge in [0.2, 0.25) is 5.91 Å². The number of nitrogens with one attached hydrogen (secondary N) is 1. The highest BCUT2D eigenvalue weighted by Gasteiger charge is 2.17. The molecule has 2 aromatic carbocycles. The predicted octanol–water partition coefficient (Wildman–Crippen LogP) is 4.15. The Morgan fingerprint density at radius 2 is 1.72 bits per heavy atom. The van der Waals surface area contributed by atoms with Crippen LogP contribution in [0.2, 0.25) is 0 Å². The maximum atomic E-state index is 12.6. The Labute approximate surface area is 150 Å². The van der Waals surface area contributed by atoms with Gasteiger partial charge >= 0.3 is 0 Å². The van der Waals surface area contributed by atoms with E-state index in [2.05, 4.69) is 31.3 Å². The standard InChI is InChI=1S/C21H28N2O2/c1-5-16-9-7-10-17(6-2)21(16)22-20(25)14-23(4)15(3)18-11-8-12-19(24)13-18/h7-13,15,24H,5-6,14H2,1-4H3,(H,22,25). The molecule has 0 spiro atoms. The highest BCUT2D eigenvalue weighted by molar-refractivity contribution is 5.93. The van der Waals surface area contributed by atoms with E-state index in [1.54, 1.807) is 12.1 Å². The summed E-state index contributed by atoms with van der Waals surface area (Å²) in [5.74, 6) is 0.219. The van der Waals surface area contributed by atoms with Gasteiger partial charge in [0.25, 0.3) is 0 Å². The number of aromatic hydroxyl groups is 1. The molecule has 4 nitrogen and oxygen atoms in total. The first-order chi connectivity index (χ1) is 12.0. The molecule has 0 saturated carbocycles. The molecule has 0 aliphatic rings. The fraction of sp³-hybridized carbons (Fsp3) is 0.381. The van der Waals surface area contributed by atoms with E-state index in [-0.39, 0.29) is 24.2 Å². The van der Waals surface area contributed by atoms with Gasteiger partial charge in [-0.15, -0.1) is 0 Å². The molecular weight excluding hydrogens is 312 g/mol. The van der Waals surface area contributed by atoms with Gasteiger partial charge in [0, 0.05) is 11.7 Å². The molecule has 2 aromatic rings. The lowest BCUT2D eigenvalue weighted by atomic mass is 10.0. The molecule has 134 valence electrons. The van der Waals surface area contributed by atoms with Gasteiger partial charge in [-0.25, -0.2) is 0 Å². The Hall–Kier alpha value is -2.33. The number of amides is 1. The molecule has 0 bridgehead atoms. The van der Waals surface area contributed by atoms with E-state index >= 15 is 0 Å². The maximum Gasteiger partial charge on any atom is 0.238 e. The number of likely N-dealkylation sites (N-methyl/N-ethyl adjacent to an activating group) is 1. The number of para-hydroxylation sites is 1. The molecule has 0 heterocycles. The lowest BCUT2D eigenvalue weighted by Crippen LogP contribution is -2.32. The monoisotopic (exact) mass is 340 g/mol. The largest absolute Gasteiger partial charge is 0.508 e. The minimum atomic E-state index is -0.0231. The number of hydrogen-bond donors (Lipinski definition) is 2. The van der Waals surface area contributed by atoms with Crippen molar-refractivity contribution in [3.8, 4) is 5.75 Å². The minimum absolute atomic E-state index is 0.0231. The molecule has 0 radical (unpaired) electrons. The van der Waals surface area contributed by atoms with Crippen LogP contribution in [0.15, 0.2) is 42.5 Å². The summed E-state index contributed by atoms with van der Waals surface area (Å²) in [6.45, 7) is 6.51. The van der Waals surface area contributed by atoms with E-state index in [1.807, 2.05) is 37.1 Å². The van der Waals surface area contributed by atoms with Crippen LogP contribution in [0.25, 0.3) is 0 Å². The van der Waals surface area contributed by atoms with Crippen molar-refractivity contribution in [2.75, 3.05) is 18.9 Å². The lowest BCUT2D eigenvalue weighted by Gasteiger charge is -2.25. The fourth-order valence-electron chi connectivity index (χ4n) is 2.98. The van der Waals surface area contributed by atoms with Crippen LogP contribution in [0.4, 0.5) is 5.69 Å². The fourth-order valence-corrected chi connectivity index (χ4v) is 2.98. The number of rotatable bonds is 7. The Bertz CT molecular complexity index is 705. The zero-order chi connectivity index (χ0) is 18.4. The van der Waals surface area contributed by atoms with Gasteiger partial charge in [-0.1, -0.05) is 44.2 Å². The van der Waals surface area contributed by atoms with Gasteiger partial charge in [-0.05, 0) is 55.6 Å². The summed E-state index contributed by atoms with van der Waals surface area (Å²) in [4.78, 5) is 14.5. The predicted molar refractivity (Wildman–Crippen MR) is 103 cm³/mol. The first kappa shape index (κ1) is 19.0. The lowest BCUT2D eigenvalue weighted by molar-refractivity contribution is -0.117. The summed E-state index contributed by atoms with van der Waals surface area (Å²) in [6, 6.07) is 13.4. The molecule has 25 heavy (non-hydrogen) atoms. The van der Waals surface area contributed by atoms with E-state index < -0.39 is 0 Å². The van der Waals surface area contributed by atoms with E-state index in [4.69, 9.17) is 0 Å². The molecule has 0 aliphatic carbocycles. The highest BCUT2D eigenvalue weighted by Crippen LogP contribution is 2.24. The van der Waals surface area contributed by atoms with Crippen LogP contribution in [0, 0.1) is 0 Å². The molecule has 1 amide bonds. The average molecular weight is 340 g/mol. The number of aryl methyl sites for hydroxylation is 2. The first-order valence-electron chi connectivity index (χ1n) is 8.86. The summed E-state index contributed by atoms with van der Waals surface area (Å²) < 4.78 is 0. The number of carbonyl (C=O) groups is 1. The molecule has 0 aliphatic heterocycles. The van der Waals surface area contributed by atoms with E-state index in [1.165, 1.54) is 0 Å². The first-order valence-corrected chi connectivity index (χ1v) is 8.86. The molecule has 4 heteroatoms. The summed E-state index contributed by atoms with van der Waals surface area (Å²) >= 11 is 0. The van der Waals surface area contributed by atoms with E-state index in [0.29, 0.717) is 0 Å². The van der Waals surface area contributed by atoms with Crippen molar-refractivity contribution in [1.29, 1.82) is 0 Å². The molecule has 2 N–H and O–H groups in total. The molecule has 0 fully saturated rings. The summed E-state index contributed by atoms with van der Waals surface area (Å²) in [5.41, 5.74) is 4.27. The summed E-state index contributed by atoms with van der Waals surface area (Å²) in [7, 11) is 1.92. The Morgan fingerprint density at radius 1 is 1.12 bits per heavy atom. The van der Waals surface area contributed by atoms with Gasteiger partial charge in [0.05, 0.1) is 6.54 Å².